The molecule has 0 radical (unpaired) electrons. The summed E-state index contributed by atoms with van der Waals surface area (Å²) in [5, 5.41) is 3.94. The van der Waals surface area contributed by atoms with Gasteiger partial charge in [-0.1, -0.05) is 23.2 Å². The third-order valence-electron chi connectivity index (χ3n) is 4.47. The molecule has 24 heavy (non-hydrogen) atoms. The van der Waals surface area contributed by atoms with E-state index in [0.29, 0.717) is 29.0 Å². The Kier molecular flexibility index (Phi) is 5.55. The molecule has 7 heteroatoms. The fourth-order valence-electron chi connectivity index (χ4n) is 3.12. The summed E-state index contributed by atoms with van der Waals surface area (Å²) < 4.78 is 17.0. The molecular weight excluding hydrogens is 353 g/mol. The van der Waals surface area contributed by atoms with E-state index in [9.17, 15) is 4.79 Å². The van der Waals surface area contributed by atoms with Crippen molar-refractivity contribution in [2.24, 2.45) is 0 Å². The first kappa shape index (κ1) is 17.8. The Morgan fingerprint density at radius 1 is 1.29 bits per heavy atom. The Balaban J connectivity index is 1.49. The summed E-state index contributed by atoms with van der Waals surface area (Å²) in [7, 11) is 0. The topological polar surface area (TPSA) is 56.8 Å². The SMILES string of the molecule is CC(Oc1ccc(Cl)cc1Cl)C(=O)NC1CCC2(CC1)OCCO2. The number of amides is 1. The number of ether oxygens (including phenoxy) is 3. The highest BCUT2D eigenvalue weighted by Gasteiger charge is 2.40. The lowest BCUT2D eigenvalue weighted by molar-refractivity contribution is -0.180. The smallest absolute Gasteiger partial charge is 0.260 e. The van der Waals surface area contributed by atoms with Crippen molar-refractivity contribution in [3.8, 4) is 5.75 Å². The molecule has 1 aromatic rings. The first-order valence-electron chi connectivity index (χ1n) is 8.17. The molecule has 1 unspecified atom stereocenters. The first-order valence-corrected chi connectivity index (χ1v) is 8.93. The minimum absolute atomic E-state index is 0.114. The summed E-state index contributed by atoms with van der Waals surface area (Å²) in [6.45, 7) is 3.02. The Hall–Kier alpha value is -1.01. The Bertz CT molecular complexity index is 594. The van der Waals surface area contributed by atoms with Crippen molar-refractivity contribution in [3.63, 3.8) is 0 Å². The molecule has 132 valence electrons. The van der Waals surface area contributed by atoms with Crippen LogP contribution in [0.3, 0.4) is 0 Å². The molecule has 1 aliphatic heterocycles. The second kappa shape index (κ2) is 7.48. The second-order valence-electron chi connectivity index (χ2n) is 6.23. The predicted molar refractivity (Wildman–Crippen MR) is 91.6 cm³/mol. The Morgan fingerprint density at radius 3 is 2.58 bits per heavy atom. The molecule has 1 aromatic carbocycles. The molecule has 5 nitrogen and oxygen atoms in total. The molecule has 0 aromatic heterocycles. The van der Waals surface area contributed by atoms with Crippen LogP contribution >= 0.6 is 23.2 Å². The Labute approximate surface area is 151 Å². The van der Waals surface area contributed by atoms with Gasteiger partial charge in [-0.2, -0.15) is 0 Å². The van der Waals surface area contributed by atoms with E-state index in [1.165, 1.54) is 0 Å². The maximum absolute atomic E-state index is 12.3. The van der Waals surface area contributed by atoms with Crippen molar-refractivity contribution >= 4 is 29.1 Å². The van der Waals surface area contributed by atoms with E-state index in [1.807, 2.05) is 0 Å². The third kappa shape index (κ3) is 4.14. The van der Waals surface area contributed by atoms with E-state index >= 15 is 0 Å². The van der Waals surface area contributed by atoms with Gasteiger partial charge >= 0.3 is 0 Å². The van der Waals surface area contributed by atoms with Crippen LogP contribution in [0.15, 0.2) is 18.2 Å². The molecular formula is C17H21Cl2NO4. The van der Waals surface area contributed by atoms with Gasteiger partial charge in [0.1, 0.15) is 5.75 Å². The van der Waals surface area contributed by atoms with Gasteiger partial charge in [-0.05, 0) is 38.0 Å². The predicted octanol–water partition coefficient (Wildman–Crippen LogP) is 3.56. The zero-order valence-electron chi connectivity index (χ0n) is 13.5. The standard InChI is InChI=1S/C17H21Cl2NO4/c1-11(24-15-3-2-12(18)10-14(15)19)16(21)20-13-4-6-17(7-5-13)22-8-9-23-17/h2-3,10-11,13H,4-9H2,1H3,(H,20,21). The van der Waals surface area contributed by atoms with Crippen molar-refractivity contribution in [2.45, 2.75) is 50.5 Å². The molecule has 1 atom stereocenters. The lowest BCUT2D eigenvalue weighted by atomic mass is 9.90. The molecule has 1 saturated carbocycles. The number of carbonyl (C=O) groups excluding carboxylic acids is 1. The van der Waals surface area contributed by atoms with Crippen LogP contribution in [0.1, 0.15) is 32.6 Å². The van der Waals surface area contributed by atoms with Gasteiger partial charge in [0.25, 0.3) is 5.91 Å². The summed E-state index contributed by atoms with van der Waals surface area (Å²) in [6.07, 6.45) is 2.63. The number of hydrogen-bond donors (Lipinski definition) is 1. The minimum atomic E-state index is -0.640. The van der Waals surface area contributed by atoms with Crippen LogP contribution in [-0.4, -0.2) is 37.1 Å². The van der Waals surface area contributed by atoms with Gasteiger partial charge in [-0.15, -0.1) is 0 Å². The van der Waals surface area contributed by atoms with Gasteiger partial charge in [-0.25, -0.2) is 0 Å². The summed E-state index contributed by atoms with van der Waals surface area (Å²) in [6, 6.07) is 5.04. The minimum Gasteiger partial charge on any atom is -0.479 e. The molecule has 1 saturated heterocycles. The van der Waals surface area contributed by atoms with Crippen molar-refractivity contribution < 1.29 is 19.0 Å². The average molecular weight is 374 g/mol. The number of nitrogens with one attached hydrogen (secondary N) is 1. The lowest BCUT2D eigenvalue weighted by Gasteiger charge is -2.35. The van der Waals surface area contributed by atoms with Crippen molar-refractivity contribution in [1.29, 1.82) is 0 Å². The van der Waals surface area contributed by atoms with Crippen molar-refractivity contribution in [1.82, 2.24) is 5.32 Å². The van der Waals surface area contributed by atoms with Crippen LogP contribution in [-0.2, 0) is 14.3 Å². The van der Waals surface area contributed by atoms with Crippen LogP contribution in [0.2, 0.25) is 10.0 Å². The summed E-state index contributed by atoms with van der Waals surface area (Å²) in [5.74, 6) is -0.130. The quantitative estimate of drug-likeness (QED) is 0.876. The van der Waals surface area contributed by atoms with Gasteiger partial charge in [0.15, 0.2) is 11.9 Å². The highest BCUT2D eigenvalue weighted by Crippen LogP contribution is 2.35. The number of benzene rings is 1. The van der Waals surface area contributed by atoms with Crippen molar-refractivity contribution in [2.75, 3.05) is 13.2 Å². The normalized spacial score (nSPS) is 21.6. The lowest BCUT2D eigenvalue weighted by Crippen LogP contribution is -2.47. The fraction of sp³-hybridized carbons (Fsp3) is 0.588. The number of halogens is 2. The summed E-state index contributed by atoms with van der Waals surface area (Å²) in [4.78, 5) is 12.3. The van der Waals surface area contributed by atoms with Crippen LogP contribution in [0.25, 0.3) is 0 Å². The number of hydrogen-bond acceptors (Lipinski definition) is 4. The molecule has 0 bridgehead atoms. The first-order chi connectivity index (χ1) is 11.5. The van der Waals surface area contributed by atoms with Gasteiger partial charge in [0.2, 0.25) is 0 Å². The zero-order chi connectivity index (χ0) is 17.2. The van der Waals surface area contributed by atoms with E-state index in [2.05, 4.69) is 5.32 Å². The van der Waals surface area contributed by atoms with Gasteiger partial charge in [0, 0.05) is 23.9 Å². The maximum Gasteiger partial charge on any atom is 0.260 e. The van der Waals surface area contributed by atoms with Crippen LogP contribution in [0.4, 0.5) is 0 Å². The summed E-state index contributed by atoms with van der Waals surface area (Å²) in [5.41, 5.74) is 0. The molecule has 1 aliphatic carbocycles. The van der Waals surface area contributed by atoms with Gasteiger partial charge in [0.05, 0.1) is 18.2 Å². The molecule has 3 rings (SSSR count). The van der Waals surface area contributed by atoms with E-state index in [-0.39, 0.29) is 11.9 Å². The van der Waals surface area contributed by atoms with Crippen LogP contribution in [0, 0.1) is 0 Å². The highest BCUT2D eigenvalue weighted by atomic mass is 35.5. The van der Waals surface area contributed by atoms with Crippen LogP contribution in [0.5, 0.6) is 5.75 Å². The van der Waals surface area contributed by atoms with E-state index in [0.717, 1.165) is 25.7 Å². The second-order valence-corrected chi connectivity index (χ2v) is 7.07. The molecule has 1 spiro atoms. The van der Waals surface area contributed by atoms with Gasteiger partial charge < -0.3 is 19.5 Å². The third-order valence-corrected chi connectivity index (χ3v) is 5.00. The highest BCUT2D eigenvalue weighted by molar-refractivity contribution is 6.35. The van der Waals surface area contributed by atoms with E-state index in [4.69, 9.17) is 37.4 Å². The number of carbonyl (C=O) groups is 1. The molecule has 2 aliphatic rings. The molecule has 1 amide bonds. The molecule has 2 fully saturated rings. The fourth-order valence-corrected chi connectivity index (χ4v) is 3.57. The van der Waals surface area contributed by atoms with E-state index in [1.54, 1.807) is 25.1 Å². The zero-order valence-corrected chi connectivity index (χ0v) is 15.0. The van der Waals surface area contributed by atoms with Crippen LogP contribution < -0.4 is 10.1 Å². The van der Waals surface area contributed by atoms with Gasteiger partial charge in [-0.3, -0.25) is 4.79 Å². The Morgan fingerprint density at radius 2 is 1.96 bits per heavy atom. The average Bonchev–Trinajstić information content (AvgIpc) is 3.00. The largest absolute Gasteiger partial charge is 0.479 e. The van der Waals surface area contributed by atoms with E-state index < -0.39 is 11.9 Å². The monoisotopic (exact) mass is 373 g/mol. The van der Waals surface area contributed by atoms with Crippen molar-refractivity contribution in [3.05, 3.63) is 28.2 Å². The molecule has 1 heterocycles. The molecule has 1 N–H and O–H groups in total. The number of rotatable bonds is 4. The summed E-state index contributed by atoms with van der Waals surface area (Å²) >= 11 is 11.9. The maximum atomic E-state index is 12.3.